The number of nitriles is 1. The molecule has 0 bridgehead atoms. The number of Topliss-reactive ketones (excluding diaryl/α,β-unsaturated/α-hetero) is 1. The highest BCUT2D eigenvalue weighted by Gasteiger charge is 2.36. The van der Waals surface area contributed by atoms with Gasteiger partial charge in [-0.15, -0.1) is 0 Å². The lowest BCUT2D eigenvalue weighted by atomic mass is 9.85. The van der Waals surface area contributed by atoms with E-state index in [0.717, 1.165) is 10.0 Å². The fraction of sp³-hybridized carbons (Fsp3) is 0.148. The van der Waals surface area contributed by atoms with Crippen LogP contribution >= 0.6 is 27.7 Å². The van der Waals surface area contributed by atoms with E-state index >= 15 is 0 Å². The summed E-state index contributed by atoms with van der Waals surface area (Å²) in [5.41, 5.74) is 3.52. The van der Waals surface area contributed by atoms with Gasteiger partial charge < -0.3 is 15.1 Å². The zero-order chi connectivity index (χ0) is 24.9. The topological polar surface area (TPSA) is 95.1 Å². The normalized spacial score (nSPS) is 15.4. The standard InChI is InChI=1S/C27H22BrN3O3S/c1-16-6-3-4-7-21(16)31-26(33)24-17(2)30-27(20(14-29)25(24)23-8-5-13-34-23)35-15-22(32)18-9-11-19(28)12-10-18/h3-13,25,30H,15H2,1-2H3,(H,31,33)/t25-/m1/s1. The molecule has 4 rings (SSSR count). The molecule has 0 saturated heterocycles. The van der Waals surface area contributed by atoms with Crippen molar-refractivity contribution < 1.29 is 14.0 Å². The SMILES string of the molecule is CC1=C(C(=O)Nc2ccccc2C)[C@@H](c2ccco2)C(C#N)=C(SCC(=O)c2ccc(Br)cc2)N1. The average Bonchev–Trinajstić information content (AvgIpc) is 3.38. The van der Waals surface area contributed by atoms with Crippen molar-refractivity contribution in [3.05, 3.63) is 110 Å². The molecule has 8 heteroatoms. The van der Waals surface area contributed by atoms with Crippen LogP contribution in [0.25, 0.3) is 0 Å². The molecule has 1 aliphatic heterocycles. The van der Waals surface area contributed by atoms with E-state index in [1.165, 1.54) is 18.0 Å². The first-order valence-electron chi connectivity index (χ1n) is 10.8. The second-order valence-corrected chi connectivity index (χ2v) is 9.86. The van der Waals surface area contributed by atoms with E-state index in [1.54, 1.807) is 31.2 Å². The van der Waals surface area contributed by atoms with E-state index in [4.69, 9.17) is 4.42 Å². The van der Waals surface area contributed by atoms with Gasteiger partial charge in [0.25, 0.3) is 5.91 Å². The third-order valence-electron chi connectivity index (χ3n) is 5.63. The average molecular weight is 548 g/mol. The first kappa shape index (κ1) is 24.6. The van der Waals surface area contributed by atoms with Crippen molar-refractivity contribution in [2.45, 2.75) is 19.8 Å². The Labute approximate surface area is 216 Å². The fourth-order valence-electron chi connectivity index (χ4n) is 3.83. The minimum absolute atomic E-state index is 0.0617. The molecule has 0 saturated carbocycles. The van der Waals surface area contributed by atoms with Gasteiger partial charge in [0.1, 0.15) is 5.76 Å². The Balaban J connectivity index is 1.64. The Kier molecular flexibility index (Phi) is 7.59. The van der Waals surface area contributed by atoms with Crippen LogP contribution in [0, 0.1) is 18.3 Å². The smallest absolute Gasteiger partial charge is 0.254 e. The first-order valence-corrected chi connectivity index (χ1v) is 12.6. The molecule has 0 radical (unpaired) electrons. The molecule has 1 atom stereocenters. The Morgan fingerprint density at radius 2 is 1.86 bits per heavy atom. The number of furan rings is 1. The van der Waals surface area contributed by atoms with Gasteiger partial charge in [0.05, 0.1) is 40.2 Å². The van der Waals surface area contributed by atoms with Crippen molar-refractivity contribution in [2.75, 3.05) is 11.1 Å². The Morgan fingerprint density at radius 1 is 1.11 bits per heavy atom. The third kappa shape index (κ3) is 5.42. The summed E-state index contributed by atoms with van der Waals surface area (Å²) in [7, 11) is 0. The van der Waals surface area contributed by atoms with Gasteiger partial charge in [-0.1, -0.05) is 58.0 Å². The van der Waals surface area contributed by atoms with Gasteiger partial charge in [-0.05, 0) is 49.7 Å². The number of nitrogens with zero attached hydrogens (tertiary/aromatic N) is 1. The van der Waals surface area contributed by atoms with Crippen molar-refractivity contribution in [3.63, 3.8) is 0 Å². The summed E-state index contributed by atoms with van der Waals surface area (Å²) < 4.78 is 6.55. The number of benzene rings is 2. The summed E-state index contributed by atoms with van der Waals surface area (Å²) in [5.74, 6) is -0.472. The fourth-order valence-corrected chi connectivity index (χ4v) is 5.08. The van der Waals surface area contributed by atoms with E-state index in [1.807, 2.05) is 43.3 Å². The Morgan fingerprint density at radius 3 is 2.51 bits per heavy atom. The van der Waals surface area contributed by atoms with Crippen molar-refractivity contribution >= 4 is 45.1 Å². The van der Waals surface area contributed by atoms with E-state index in [2.05, 4.69) is 32.6 Å². The predicted molar refractivity (Wildman–Crippen MR) is 141 cm³/mol. The maximum atomic E-state index is 13.4. The molecule has 1 amide bonds. The van der Waals surface area contributed by atoms with Crippen molar-refractivity contribution in [1.82, 2.24) is 5.32 Å². The van der Waals surface area contributed by atoms with E-state index in [-0.39, 0.29) is 17.4 Å². The molecule has 2 N–H and O–H groups in total. The van der Waals surface area contributed by atoms with Gasteiger partial charge in [0.15, 0.2) is 5.78 Å². The molecule has 0 spiro atoms. The summed E-state index contributed by atoms with van der Waals surface area (Å²) in [4.78, 5) is 26.2. The lowest BCUT2D eigenvalue weighted by Crippen LogP contribution is -2.31. The van der Waals surface area contributed by atoms with Crippen molar-refractivity contribution in [1.29, 1.82) is 5.26 Å². The van der Waals surface area contributed by atoms with Gasteiger partial charge in [-0.2, -0.15) is 5.26 Å². The first-order chi connectivity index (χ1) is 16.9. The number of carbonyl (C=O) groups is 2. The predicted octanol–water partition coefficient (Wildman–Crippen LogP) is 6.30. The molecule has 1 aliphatic rings. The number of aryl methyl sites for hydroxylation is 1. The molecule has 35 heavy (non-hydrogen) atoms. The number of carbonyl (C=O) groups excluding carboxylic acids is 2. The zero-order valence-electron chi connectivity index (χ0n) is 19.1. The van der Waals surface area contributed by atoms with Crippen LogP contribution in [-0.4, -0.2) is 17.4 Å². The highest BCUT2D eigenvalue weighted by atomic mass is 79.9. The molecule has 176 valence electrons. The second kappa shape index (κ2) is 10.8. The van der Waals surface area contributed by atoms with Crippen LogP contribution in [0.5, 0.6) is 0 Å². The maximum absolute atomic E-state index is 13.4. The van der Waals surface area contributed by atoms with Gasteiger partial charge in [-0.3, -0.25) is 9.59 Å². The lowest BCUT2D eigenvalue weighted by Gasteiger charge is -2.28. The summed E-state index contributed by atoms with van der Waals surface area (Å²) in [6, 6.07) is 20.4. The molecular weight excluding hydrogens is 526 g/mol. The minimum atomic E-state index is -0.703. The molecule has 0 fully saturated rings. The number of halogens is 1. The van der Waals surface area contributed by atoms with Crippen LogP contribution in [0.3, 0.4) is 0 Å². The van der Waals surface area contributed by atoms with Crippen molar-refractivity contribution in [2.24, 2.45) is 0 Å². The Hall–Kier alpha value is -3.54. The number of thioether (sulfide) groups is 1. The quantitative estimate of drug-likeness (QED) is 0.337. The summed E-state index contributed by atoms with van der Waals surface area (Å²) in [6.45, 7) is 3.70. The minimum Gasteiger partial charge on any atom is -0.468 e. The van der Waals surface area contributed by atoms with Crippen LogP contribution in [0.1, 0.15) is 34.5 Å². The molecule has 0 unspecified atom stereocenters. The molecule has 1 aromatic heterocycles. The number of rotatable bonds is 7. The largest absolute Gasteiger partial charge is 0.468 e. The number of hydrogen-bond donors (Lipinski definition) is 2. The summed E-state index contributed by atoms with van der Waals surface area (Å²) in [5, 5.41) is 16.8. The summed E-state index contributed by atoms with van der Waals surface area (Å²) in [6.07, 6.45) is 1.52. The monoisotopic (exact) mass is 547 g/mol. The molecule has 3 aromatic rings. The van der Waals surface area contributed by atoms with Gasteiger partial charge in [0, 0.05) is 21.4 Å². The van der Waals surface area contributed by atoms with Gasteiger partial charge >= 0.3 is 0 Å². The lowest BCUT2D eigenvalue weighted by molar-refractivity contribution is -0.113. The van der Waals surface area contributed by atoms with Crippen LogP contribution < -0.4 is 10.6 Å². The molecule has 6 nitrogen and oxygen atoms in total. The molecule has 2 heterocycles. The third-order valence-corrected chi connectivity index (χ3v) is 7.17. The van der Waals surface area contributed by atoms with Gasteiger partial charge in [0.2, 0.25) is 0 Å². The van der Waals surface area contributed by atoms with E-state index in [9.17, 15) is 14.9 Å². The highest BCUT2D eigenvalue weighted by Crippen LogP contribution is 2.41. The van der Waals surface area contributed by atoms with Crippen LogP contribution in [-0.2, 0) is 4.79 Å². The van der Waals surface area contributed by atoms with E-state index in [0.29, 0.717) is 38.9 Å². The Bertz CT molecular complexity index is 1370. The number of allylic oxidation sites excluding steroid dienone is 2. The number of para-hydroxylation sites is 1. The van der Waals surface area contributed by atoms with Gasteiger partial charge in [-0.25, -0.2) is 0 Å². The van der Waals surface area contributed by atoms with Crippen LogP contribution in [0.15, 0.2) is 97.7 Å². The number of anilines is 1. The second-order valence-electron chi connectivity index (χ2n) is 7.95. The van der Waals surface area contributed by atoms with Crippen molar-refractivity contribution in [3.8, 4) is 6.07 Å². The number of amides is 1. The zero-order valence-corrected chi connectivity index (χ0v) is 21.5. The van der Waals surface area contributed by atoms with Crippen LogP contribution in [0.4, 0.5) is 5.69 Å². The maximum Gasteiger partial charge on any atom is 0.254 e. The summed E-state index contributed by atoms with van der Waals surface area (Å²) >= 11 is 4.61. The van der Waals surface area contributed by atoms with Crippen LogP contribution in [0.2, 0.25) is 0 Å². The molecule has 2 aromatic carbocycles. The number of dihydropyridines is 1. The molecule has 0 aliphatic carbocycles. The molecular formula is C27H22BrN3O3S. The number of ketones is 1. The highest BCUT2D eigenvalue weighted by molar-refractivity contribution is 9.10. The number of nitrogens with one attached hydrogen (secondary N) is 2. The number of hydrogen-bond acceptors (Lipinski definition) is 6. The van der Waals surface area contributed by atoms with E-state index < -0.39 is 5.92 Å².